The number of hydrogen-bond donors (Lipinski definition) is 0. The van der Waals surface area contributed by atoms with Gasteiger partial charge in [-0.25, -0.2) is 4.79 Å². The molecule has 0 unspecified atom stereocenters. The van der Waals surface area contributed by atoms with Gasteiger partial charge in [0, 0.05) is 12.1 Å². The minimum atomic E-state index is -0.850. The third-order valence-electron chi connectivity index (χ3n) is 3.23. The summed E-state index contributed by atoms with van der Waals surface area (Å²) in [7, 11) is 0. The minimum Gasteiger partial charge on any atom is -0.429 e. The average Bonchev–Trinajstić information content (AvgIpc) is 2.47. The van der Waals surface area contributed by atoms with Crippen molar-refractivity contribution in [1.82, 2.24) is 0 Å². The van der Waals surface area contributed by atoms with E-state index in [1.165, 1.54) is 24.3 Å². The van der Waals surface area contributed by atoms with Gasteiger partial charge in [0.05, 0.1) is 4.92 Å². The highest BCUT2D eigenvalue weighted by Gasteiger charge is 2.11. The summed E-state index contributed by atoms with van der Waals surface area (Å²) in [5.41, 5.74) is 2.92. The molecule has 2 aromatic carbocycles. The van der Waals surface area contributed by atoms with Crippen LogP contribution in [0.15, 0.2) is 42.5 Å². The first-order chi connectivity index (χ1) is 10.5. The van der Waals surface area contributed by atoms with Gasteiger partial charge < -0.3 is 9.47 Å². The van der Waals surface area contributed by atoms with E-state index in [9.17, 15) is 14.9 Å². The lowest BCUT2D eigenvalue weighted by Gasteiger charge is -2.10. The number of carbonyl (C=O) groups is 1. The Hall–Kier alpha value is -2.89. The Bertz CT molecular complexity index is 674. The third kappa shape index (κ3) is 3.82. The minimum absolute atomic E-state index is 0.0729. The van der Waals surface area contributed by atoms with E-state index in [4.69, 9.17) is 9.47 Å². The molecule has 114 valence electrons. The molecule has 0 bridgehead atoms. The molecule has 0 heterocycles. The van der Waals surface area contributed by atoms with E-state index in [1.54, 1.807) is 0 Å². The van der Waals surface area contributed by atoms with Crippen LogP contribution in [-0.2, 0) is 11.3 Å². The number of rotatable bonds is 4. The summed E-state index contributed by atoms with van der Waals surface area (Å²) in [6, 6.07) is 11.0. The molecule has 0 N–H and O–H groups in total. The largest absolute Gasteiger partial charge is 0.514 e. The fourth-order valence-electron chi connectivity index (χ4n) is 1.97. The van der Waals surface area contributed by atoms with Gasteiger partial charge in [0.15, 0.2) is 0 Å². The zero-order chi connectivity index (χ0) is 16.1. The van der Waals surface area contributed by atoms with Crippen LogP contribution in [0.25, 0.3) is 0 Å². The summed E-state index contributed by atoms with van der Waals surface area (Å²) in [5, 5.41) is 10.5. The van der Waals surface area contributed by atoms with Gasteiger partial charge in [-0.05, 0) is 42.7 Å². The molecule has 0 atom stereocenters. The normalized spacial score (nSPS) is 10.1. The van der Waals surface area contributed by atoms with Crippen molar-refractivity contribution in [2.75, 3.05) is 0 Å². The van der Waals surface area contributed by atoms with E-state index in [2.05, 4.69) is 0 Å². The van der Waals surface area contributed by atoms with Crippen LogP contribution in [0.5, 0.6) is 5.75 Å². The zero-order valence-electron chi connectivity index (χ0n) is 12.2. The van der Waals surface area contributed by atoms with Crippen molar-refractivity contribution in [1.29, 1.82) is 0 Å². The fourth-order valence-corrected chi connectivity index (χ4v) is 1.97. The molecule has 2 rings (SSSR count). The molecule has 0 spiro atoms. The lowest BCUT2D eigenvalue weighted by atomic mass is 10.0. The monoisotopic (exact) mass is 301 g/mol. The molecule has 0 aliphatic heterocycles. The number of benzene rings is 2. The molecule has 0 aliphatic carbocycles. The molecule has 2 aromatic rings. The molecule has 0 radical (unpaired) electrons. The van der Waals surface area contributed by atoms with Crippen LogP contribution in [0.2, 0.25) is 0 Å². The first-order valence-corrected chi connectivity index (χ1v) is 6.61. The Balaban J connectivity index is 1.94. The van der Waals surface area contributed by atoms with E-state index in [0.717, 1.165) is 16.7 Å². The molecule has 0 amide bonds. The quantitative estimate of drug-likeness (QED) is 0.370. The lowest BCUT2D eigenvalue weighted by Crippen LogP contribution is -2.11. The third-order valence-corrected chi connectivity index (χ3v) is 3.23. The number of aryl methyl sites for hydroxylation is 2. The SMILES string of the molecule is Cc1cccc(C)c1COC(=O)Oc1ccc([N+](=O)[O-])cc1. The molecular formula is C16H15NO5. The predicted octanol–water partition coefficient (Wildman–Crippen LogP) is 3.93. The summed E-state index contributed by atoms with van der Waals surface area (Å²) >= 11 is 0. The fraction of sp³-hybridized carbons (Fsp3) is 0.188. The first kappa shape index (κ1) is 15.5. The van der Waals surface area contributed by atoms with Gasteiger partial charge in [-0.1, -0.05) is 18.2 Å². The second-order valence-corrected chi connectivity index (χ2v) is 4.76. The molecule has 0 saturated carbocycles. The maximum absolute atomic E-state index is 11.6. The Morgan fingerprint density at radius 3 is 2.23 bits per heavy atom. The van der Waals surface area contributed by atoms with E-state index < -0.39 is 11.1 Å². The van der Waals surface area contributed by atoms with Crippen LogP contribution < -0.4 is 4.74 Å². The molecular weight excluding hydrogens is 286 g/mol. The highest BCUT2D eigenvalue weighted by atomic mass is 16.7. The van der Waals surface area contributed by atoms with Crippen molar-refractivity contribution in [3.8, 4) is 5.75 Å². The molecule has 22 heavy (non-hydrogen) atoms. The first-order valence-electron chi connectivity index (χ1n) is 6.61. The highest BCUT2D eigenvalue weighted by Crippen LogP contribution is 2.19. The van der Waals surface area contributed by atoms with E-state index in [0.29, 0.717) is 0 Å². The molecule has 0 aromatic heterocycles. The highest BCUT2D eigenvalue weighted by molar-refractivity contribution is 5.64. The number of non-ortho nitro benzene ring substituents is 1. The van der Waals surface area contributed by atoms with Crippen LogP contribution in [0.1, 0.15) is 16.7 Å². The predicted molar refractivity (Wildman–Crippen MR) is 79.8 cm³/mol. The summed E-state index contributed by atoms with van der Waals surface area (Å²) in [6.07, 6.45) is -0.850. The number of nitro benzene ring substituents is 1. The summed E-state index contributed by atoms with van der Waals surface area (Å²) in [5.74, 6) is 0.192. The molecule has 0 aliphatic rings. The van der Waals surface area contributed by atoms with Crippen LogP contribution in [0, 0.1) is 24.0 Å². The standard InChI is InChI=1S/C16H15NO5/c1-11-4-3-5-12(2)15(11)10-21-16(18)22-14-8-6-13(7-9-14)17(19)20/h3-9H,10H2,1-2H3. The number of carbonyl (C=O) groups excluding carboxylic acids is 1. The lowest BCUT2D eigenvalue weighted by molar-refractivity contribution is -0.384. The van der Waals surface area contributed by atoms with Crippen molar-refractivity contribution < 1.29 is 19.2 Å². The number of nitro groups is 1. The second kappa shape index (κ2) is 6.71. The Labute approximate surface area is 127 Å². The topological polar surface area (TPSA) is 78.7 Å². The van der Waals surface area contributed by atoms with Crippen molar-refractivity contribution in [3.63, 3.8) is 0 Å². The summed E-state index contributed by atoms with van der Waals surface area (Å²) in [4.78, 5) is 21.7. The van der Waals surface area contributed by atoms with Crippen LogP contribution in [0.4, 0.5) is 10.5 Å². The number of ether oxygens (including phenoxy) is 2. The molecule has 6 heteroatoms. The number of nitrogens with zero attached hydrogens (tertiary/aromatic N) is 1. The summed E-state index contributed by atoms with van der Waals surface area (Å²) in [6.45, 7) is 3.99. The van der Waals surface area contributed by atoms with Gasteiger partial charge in [-0.2, -0.15) is 0 Å². The van der Waals surface area contributed by atoms with E-state index in [-0.39, 0.29) is 18.0 Å². The van der Waals surface area contributed by atoms with Crippen LogP contribution in [-0.4, -0.2) is 11.1 Å². The van der Waals surface area contributed by atoms with Gasteiger partial charge in [0.25, 0.3) is 5.69 Å². The van der Waals surface area contributed by atoms with Crippen molar-refractivity contribution in [2.45, 2.75) is 20.5 Å². The molecule has 0 saturated heterocycles. The molecule has 0 fully saturated rings. The maximum Gasteiger partial charge on any atom is 0.514 e. The maximum atomic E-state index is 11.6. The van der Waals surface area contributed by atoms with Gasteiger partial charge >= 0.3 is 6.16 Å². The van der Waals surface area contributed by atoms with Gasteiger partial charge in [-0.15, -0.1) is 0 Å². The Morgan fingerprint density at radius 1 is 1.09 bits per heavy atom. The van der Waals surface area contributed by atoms with Crippen molar-refractivity contribution in [2.24, 2.45) is 0 Å². The second-order valence-electron chi connectivity index (χ2n) is 4.76. The summed E-state index contributed by atoms with van der Waals surface area (Å²) < 4.78 is 10.0. The average molecular weight is 301 g/mol. The van der Waals surface area contributed by atoms with E-state index in [1.807, 2.05) is 32.0 Å². The van der Waals surface area contributed by atoms with Gasteiger partial charge in [-0.3, -0.25) is 10.1 Å². The zero-order valence-corrected chi connectivity index (χ0v) is 12.2. The van der Waals surface area contributed by atoms with Gasteiger partial charge in [0.2, 0.25) is 0 Å². The van der Waals surface area contributed by atoms with Crippen molar-refractivity contribution in [3.05, 3.63) is 69.3 Å². The van der Waals surface area contributed by atoms with Crippen molar-refractivity contribution >= 4 is 11.8 Å². The van der Waals surface area contributed by atoms with Crippen LogP contribution >= 0.6 is 0 Å². The van der Waals surface area contributed by atoms with Gasteiger partial charge in [0.1, 0.15) is 12.4 Å². The smallest absolute Gasteiger partial charge is 0.429 e. The Kier molecular flexibility index (Phi) is 4.73. The number of hydrogen-bond acceptors (Lipinski definition) is 5. The van der Waals surface area contributed by atoms with Crippen LogP contribution in [0.3, 0.4) is 0 Å². The molecule has 6 nitrogen and oxygen atoms in total. The Morgan fingerprint density at radius 2 is 1.68 bits per heavy atom. The van der Waals surface area contributed by atoms with E-state index >= 15 is 0 Å².